The number of carboxylic acids is 1. The topological polar surface area (TPSA) is 108 Å². The maximum Gasteiger partial charge on any atom is 0.318 e. The van der Waals surface area contributed by atoms with E-state index in [1.807, 2.05) is 0 Å². The van der Waals surface area contributed by atoms with Gasteiger partial charge in [-0.05, 0) is 0 Å². The molecule has 1 rings (SSSR count). The summed E-state index contributed by atoms with van der Waals surface area (Å²) in [5.74, 6) is -1.26. The summed E-state index contributed by atoms with van der Waals surface area (Å²) in [5, 5.41) is 13.5. The van der Waals surface area contributed by atoms with E-state index in [0.29, 0.717) is 13.2 Å². The van der Waals surface area contributed by atoms with Gasteiger partial charge in [0.25, 0.3) is 0 Å². The third kappa shape index (κ3) is 4.58. The van der Waals surface area contributed by atoms with Crippen molar-refractivity contribution in [1.82, 2.24) is 15.5 Å². The van der Waals surface area contributed by atoms with Crippen molar-refractivity contribution in [3.05, 3.63) is 0 Å². The molecule has 102 valence electrons. The summed E-state index contributed by atoms with van der Waals surface area (Å²) >= 11 is 0. The van der Waals surface area contributed by atoms with Gasteiger partial charge in [0.2, 0.25) is 5.91 Å². The number of carbonyl (C=O) groups excluding carboxylic acids is 2. The van der Waals surface area contributed by atoms with E-state index in [1.165, 1.54) is 11.9 Å². The molecular weight excluding hydrogens is 242 g/mol. The molecule has 0 aromatic rings. The number of hydrogen-bond acceptors (Lipinski definition) is 4. The molecule has 8 heteroatoms. The number of hydrogen-bond donors (Lipinski definition) is 3. The van der Waals surface area contributed by atoms with Crippen LogP contribution in [0.3, 0.4) is 0 Å². The van der Waals surface area contributed by atoms with Crippen LogP contribution < -0.4 is 10.6 Å². The molecule has 1 saturated heterocycles. The summed E-state index contributed by atoms with van der Waals surface area (Å²) in [6, 6.07) is -0.391. The molecule has 0 bridgehead atoms. The minimum Gasteiger partial charge on any atom is -0.481 e. The number of nitrogens with one attached hydrogen (secondary N) is 2. The van der Waals surface area contributed by atoms with Crippen molar-refractivity contribution < 1.29 is 24.2 Å². The molecule has 0 saturated carbocycles. The van der Waals surface area contributed by atoms with E-state index in [9.17, 15) is 14.4 Å². The smallest absolute Gasteiger partial charge is 0.318 e. The van der Waals surface area contributed by atoms with Gasteiger partial charge in [-0.2, -0.15) is 0 Å². The number of likely N-dealkylation sites (N-methyl/N-ethyl adjacent to an activating group) is 1. The molecule has 3 amide bonds. The van der Waals surface area contributed by atoms with Crippen LogP contribution in [-0.4, -0.2) is 67.3 Å². The second-order valence-electron chi connectivity index (χ2n) is 3.87. The Kier molecular flexibility index (Phi) is 5.37. The highest BCUT2D eigenvalue weighted by molar-refractivity contribution is 5.83. The van der Waals surface area contributed by atoms with Gasteiger partial charge in [0.15, 0.2) is 0 Å². The maximum atomic E-state index is 11.7. The number of carboxylic acid groups (broad SMARTS) is 1. The Labute approximate surface area is 104 Å². The van der Waals surface area contributed by atoms with E-state index < -0.39 is 18.1 Å². The fourth-order valence-electron chi connectivity index (χ4n) is 1.58. The minimum absolute atomic E-state index is 0.101. The second kappa shape index (κ2) is 6.80. The van der Waals surface area contributed by atoms with Crippen molar-refractivity contribution in [2.24, 2.45) is 0 Å². The zero-order valence-electron chi connectivity index (χ0n) is 10.1. The van der Waals surface area contributed by atoms with Gasteiger partial charge in [0, 0.05) is 20.1 Å². The fraction of sp³-hybridized carbons (Fsp3) is 0.700. The molecule has 8 nitrogen and oxygen atoms in total. The minimum atomic E-state index is -0.965. The van der Waals surface area contributed by atoms with Crippen LogP contribution in [0.2, 0.25) is 0 Å². The molecule has 3 N–H and O–H groups in total. The lowest BCUT2D eigenvalue weighted by molar-refractivity contribution is -0.141. The molecule has 1 heterocycles. The van der Waals surface area contributed by atoms with Crippen LogP contribution in [0, 0.1) is 0 Å². The van der Waals surface area contributed by atoms with Gasteiger partial charge in [0.1, 0.15) is 0 Å². The summed E-state index contributed by atoms with van der Waals surface area (Å²) in [4.78, 5) is 34.6. The maximum absolute atomic E-state index is 11.7. The highest BCUT2D eigenvalue weighted by Gasteiger charge is 2.25. The summed E-state index contributed by atoms with van der Waals surface area (Å²) in [5.41, 5.74) is 0. The monoisotopic (exact) mass is 259 g/mol. The molecule has 1 fully saturated rings. The lowest BCUT2D eigenvalue weighted by atomic mass is 10.2. The first-order chi connectivity index (χ1) is 8.52. The predicted octanol–water partition coefficient (Wildman–Crippen LogP) is -1.38. The van der Waals surface area contributed by atoms with Gasteiger partial charge in [-0.1, -0.05) is 0 Å². The number of urea groups is 1. The first-order valence-electron chi connectivity index (χ1n) is 5.59. The van der Waals surface area contributed by atoms with Gasteiger partial charge in [-0.15, -0.1) is 0 Å². The molecule has 1 aliphatic heterocycles. The molecule has 1 aliphatic rings. The van der Waals surface area contributed by atoms with E-state index >= 15 is 0 Å². The molecule has 18 heavy (non-hydrogen) atoms. The van der Waals surface area contributed by atoms with E-state index in [1.54, 1.807) is 0 Å². The Morgan fingerprint density at radius 1 is 1.44 bits per heavy atom. The largest absolute Gasteiger partial charge is 0.481 e. The number of amides is 3. The van der Waals surface area contributed by atoms with Crippen molar-refractivity contribution >= 4 is 17.9 Å². The number of aliphatic carboxylic acids is 1. The highest BCUT2D eigenvalue weighted by Crippen LogP contribution is 2.08. The number of carbonyl (C=O) groups is 3. The molecule has 0 aliphatic carbocycles. The van der Waals surface area contributed by atoms with Gasteiger partial charge >= 0.3 is 12.0 Å². The lowest BCUT2D eigenvalue weighted by Gasteiger charge is -2.32. The SMILES string of the molecule is CNC(=O)CNC(=O)N1CCOC(CC(=O)O)C1. The molecule has 0 aromatic heterocycles. The number of ether oxygens (including phenoxy) is 1. The Balaban J connectivity index is 2.38. The van der Waals surface area contributed by atoms with Crippen LogP contribution in [0.5, 0.6) is 0 Å². The summed E-state index contributed by atoms with van der Waals surface area (Å²) in [6.07, 6.45) is -0.638. The van der Waals surface area contributed by atoms with Crippen LogP contribution in [0.4, 0.5) is 4.79 Å². The summed E-state index contributed by atoms with van der Waals surface area (Å²) in [6.45, 7) is 0.795. The third-order valence-corrected chi connectivity index (χ3v) is 2.51. The van der Waals surface area contributed by atoms with Gasteiger partial charge in [-0.3, -0.25) is 9.59 Å². The molecule has 0 aromatic carbocycles. The summed E-state index contributed by atoms with van der Waals surface area (Å²) in [7, 11) is 1.48. The Morgan fingerprint density at radius 2 is 2.17 bits per heavy atom. The Bertz CT molecular complexity index is 333. The zero-order valence-corrected chi connectivity index (χ0v) is 10.1. The van der Waals surface area contributed by atoms with Crippen molar-refractivity contribution in [3.63, 3.8) is 0 Å². The first kappa shape index (κ1) is 14.2. The van der Waals surface area contributed by atoms with Crippen molar-refractivity contribution in [1.29, 1.82) is 0 Å². The van der Waals surface area contributed by atoms with E-state index in [2.05, 4.69) is 10.6 Å². The Morgan fingerprint density at radius 3 is 2.78 bits per heavy atom. The standard InChI is InChI=1S/C10H17N3O5/c1-11-8(14)5-12-10(17)13-2-3-18-7(6-13)4-9(15)16/h7H,2-6H2,1H3,(H,11,14)(H,12,17)(H,15,16). The van der Waals surface area contributed by atoms with Crippen molar-refractivity contribution in [2.45, 2.75) is 12.5 Å². The summed E-state index contributed by atoms with van der Waals surface area (Å²) < 4.78 is 5.23. The lowest BCUT2D eigenvalue weighted by Crippen LogP contribution is -2.51. The molecule has 0 spiro atoms. The third-order valence-electron chi connectivity index (χ3n) is 2.51. The second-order valence-corrected chi connectivity index (χ2v) is 3.87. The fourth-order valence-corrected chi connectivity index (χ4v) is 1.58. The van der Waals surface area contributed by atoms with E-state index in [-0.39, 0.29) is 25.4 Å². The molecular formula is C10H17N3O5. The highest BCUT2D eigenvalue weighted by atomic mass is 16.5. The molecule has 0 radical (unpaired) electrons. The Hall–Kier alpha value is -1.83. The van der Waals surface area contributed by atoms with Crippen molar-refractivity contribution in [3.8, 4) is 0 Å². The molecule has 1 atom stereocenters. The average molecular weight is 259 g/mol. The number of rotatable bonds is 4. The predicted molar refractivity (Wildman–Crippen MR) is 61.0 cm³/mol. The van der Waals surface area contributed by atoms with Crippen LogP contribution in [0.1, 0.15) is 6.42 Å². The quantitative estimate of drug-likeness (QED) is 0.576. The zero-order chi connectivity index (χ0) is 13.5. The van der Waals surface area contributed by atoms with Gasteiger partial charge < -0.3 is 25.4 Å². The van der Waals surface area contributed by atoms with Gasteiger partial charge in [0.05, 0.1) is 25.7 Å². The van der Waals surface area contributed by atoms with Crippen molar-refractivity contribution in [2.75, 3.05) is 33.3 Å². The number of morpholine rings is 1. The normalized spacial score (nSPS) is 19.2. The van der Waals surface area contributed by atoms with E-state index in [0.717, 1.165) is 0 Å². The van der Waals surface area contributed by atoms with Crippen LogP contribution >= 0.6 is 0 Å². The number of nitrogens with zero attached hydrogens (tertiary/aromatic N) is 1. The van der Waals surface area contributed by atoms with Crippen LogP contribution in [0.25, 0.3) is 0 Å². The first-order valence-corrected chi connectivity index (χ1v) is 5.59. The van der Waals surface area contributed by atoms with E-state index in [4.69, 9.17) is 9.84 Å². The average Bonchev–Trinajstić information content (AvgIpc) is 2.35. The van der Waals surface area contributed by atoms with Crippen LogP contribution in [-0.2, 0) is 14.3 Å². The van der Waals surface area contributed by atoms with Crippen LogP contribution in [0.15, 0.2) is 0 Å². The van der Waals surface area contributed by atoms with Gasteiger partial charge in [-0.25, -0.2) is 4.79 Å². The molecule has 1 unspecified atom stereocenters.